The normalized spacial score (nSPS) is 10.1. The second-order valence-electron chi connectivity index (χ2n) is 5.02. The molecule has 5 nitrogen and oxygen atoms in total. The first-order valence-electron chi connectivity index (χ1n) is 7.17. The number of ether oxygens (including phenoxy) is 4. The van der Waals surface area contributed by atoms with Crippen LogP contribution in [-0.4, -0.2) is 26.8 Å². The van der Waals surface area contributed by atoms with Gasteiger partial charge in [-0.05, 0) is 37.6 Å². The molecule has 0 unspecified atom stereocenters. The SMILES string of the molecule is COc1cccc(OC)c1OC(=O)COc1ccc(C)cc1C. The molecule has 0 amide bonds. The Hall–Kier alpha value is -2.69. The van der Waals surface area contributed by atoms with Crippen molar-refractivity contribution in [3.63, 3.8) is 0 Å². The predicted octanol–water partition coefficient (Wildman–Crippen LogP) is 3.31. The molecule has 0 radical (unpaired) electrons. The van der Waals surface area contributed by atoms with Crippen LogP contribution in [0.25, 0.3) is 0 Å². The van der Waals surface area contributed by atoms with Gasteiger partial charge in [0, 0.05) is 0 Å². The van der Waals surface area contributed by atoms with Crippen molar-refractivity contribution in [2.24, 2.45) is 0 Å². The second kappa shape index (κ2) is 7.54. The van der Waals surface area contributed by atoms with Crippen LogP contribution in [0.3, 0.4) is 0 Å². The van der Waals surface area contributed by atoms with Gasteiger partial charge in [0.1, 0.15) is 5.75 Å². The van der Waals surface area contributed by atoms with Crippen LogP contribution in [-0.2, 0) is 4.79 Å². The number of carbonyl (C=O) groups excluding carboxylic acids is 1. The number of hydrogen-bond donors (Lipinski definition) is 0. The van der Waals surface area contributed by atoms with Gasteiger partial charge in [0.15, 0.2) is 18.1 Å². The van der Waals surface area contributed by atoms with E-state index >= 15 is 0 Å². The third kappa shape index (κ3) is 4.16. The van der Waals surface area contributed by atoms with Gasteiger partial charge >= 0.3 is 5.97 Å². The summed E-state index contributed by atoms with van der Waals surface area (Å²) in [6.45, 7) is 3.72. The highest BCUT2D eigenvalue weighted by Gasteiger charge is 2.16. The lowest BCUT2D eigenvalue weighted by Crippen LogP contribution is -2.18. The molecule has 2 aromatic rings. The molecule has 2 rings (SSSR count). The van der Waals surface area contributed by atoms with E-state index in [1.54, 1.807) is 18.2 Å². The first kappa shape index (κ1) is 16.7. The van der Waals surface area contributed by atoms with E-state index in [1.165, 1.54) is 14.2 Å². The zero-order valence-corrected chi connectivity index (χ0v) is 13.7. The molecule has 0 fully saturated rings. The van der Waals surface area contributed by atoms with Crippen LogP contribution in [0.5, 0.6) is 23.0 Å². The smallest absolute Gasteiger partial charge is 0.349 e. The number of methoxy groups -OCH3 is 2. The summed E-state index contributed by atoms with van der Waals surface area (Å²) in [6.07, 6.45) is 0. The number of carbonyl (C=O) groups is 1. The van der Waals surface area contributed by atoms with E-state index in [-0.39, 0.29) is 12.4 Å². The summed E-state index contributed by atoms with van der Waals surface area (Å²) in [7, 11) is 3.00. The fraction of sp³-hybridized carbons (Fsp3) is 0.278. The Labute approximate surface area is 135 Å². The molecule has 2 aromatic carbocycles. The Morgan fingerprint density at radius 1 is 0.957 bits per heavy atom. The summed E-state index contributed by atoms with van der Waals surface area (Å²) < 4.78 is 21.2. The Morgan fingerprint density at radius 2 is 1.61 bits per heavy atom. The maximum absolute atomic E-state index is 12.0. The van der Waals surface area contributed by atoms with Crippen molar-refractivity contribution in [3.05, 3.63) is 47.5 Å². The molecule has 0 aliphatic rings. The van der Waals surface area contributed by atoms with Crippen molar-refractivity contribution in [2.75, 3.05) is 20.8 Å². The van der Waals surface area contributed by atoms with E-state index in [4.69, 9.17) is 18.9 Å². The molecule has 0 aliphatic heterocycles. The summed E-state index contributed by atoms with van der Waals surface area (Å²) in [5.41, 5.74) is 2.10. The zero-order valence-electron chi connectivity index (χ0n) is 13.7. The van der Waals surface area contributed by atoms with Gasteiger partial charge in [-0.15, -0.1) is 0 Å². The quantitative estimate of drug-likeness (QED) is 0.604. The zero-order chi connectivity index (χ0) is 16.8. The van der Waals surface area contributed by atoms with Gasteiger partial charge in [-0.3, -0.25) is 0 Å². The Morgan fingerprint density at radius 3 is 2.17 bits per heavy atom. The van der Waals surface area contributed by atoms with Crippen molar-refractivity contribution >= 4 is 5.97 Å². The fourth-order valence-corrected chi connectivity index (χ4v) is 2.16. The second-order valence-corrected chi connectivity index (χ2v) is 5.02. The number of rotatable bonds is 6. The topological polar surface area (TPSA) is 54.0 Å². The first-order chi connectivity index (χ1) is 11.0. The van der Waals surface area contributed by atoms with Gasteiger partial charge in [0.2, 0.25) is 5.75 Å². The standard InChI is InChI=1S/C18H20O5/c1-12-8-9-14(13(2)10-12)22-11-17(19)23-18-15(20-3)6-5-7-16(18)21-4/h5-10H,11H2,1-4H3. The summed E-state index contributed by atoms with van der Waals surface area (Å²) in [5.74, 6) is 1.20. The first-order valence-corrected chi connectivity index (χ1v) is 7.17. The predicted molar refractivity (Wildman–Crippen MR) is 86.6 cm³/mol. The molecular weight excluding hydrogens is 296 g/mol. The Kier molecular flexibility index (Phi) is 5.46. The summed E-state index contributed by atoms with van der Waals surface area (Å²) in [6, 6.07) is 10.9. The van der Waals surface area contributed by atoms with E-state index in [0.29, 0.717) is 17.2 Å². The lowest BCUT2D eigenvalue weighted by atomic mass is 10.1. The molecule has 23 heavy (non-hydrogen) atoms. The third-order valence-corrected chi connectivity index (χ3v) is 3.27. The molecule has 122 valence electrons. The van der Waals surface area contributed by atoms with Crippen LogP contribution in [0, 0.1) is 13.8 Å². The Balaban J connectivity index is 2.05. The maximum Gasteiger partial charge on any atom is 0.349 e. The van der Waals surface area contributed by atoms with E-state index in [9.17, 15) is 4.79 Å². The molecule has 0 aromatic heterocycles. The Bertz CT molecular complexity index is 672. The number of hydrogen-bond acceptors (Lipinski definition) is 5. The molecule has 0 saturated heterocycles. The van der Waals surface area contributed by atoms with Crippen LogP contribution < -0.4 is 18.9 Å². The minimum absolute atomic E-state index is 0.203. The van der Waals surface area contributed by atoms with Gasteiger partial charge in [0.25, 0.3) is 0 Å². The van der Waals surface area contributed by atoms with E-state index in [0.717, 1.165) is 11.1 Å². The highest BCUT2D eigenvalue weighted by Crippen LogP contribution is 2.36. The van der Waals surface area contributed by atoms with Crippen LogP contribution in [0.2, 0.25) is 0 Å². The van der Waals surface area contributed by atoms with Gasteiger partial charge in [-0.1, -0.05) is 23.8 Å². The number of para-hydroxylation sites is 1. The minimum Gasteiger partial charge on any atom is -0.493 e. The molecular formula is C18H20O5. The van der Waals surface area contributed by atoms with E-state index in [1.807, 2.05) is 32.0 Å². The van der Waals surface area contributed by atoms with Crippen molar-refractivity contribution in [3.8, 4) is 23.0 Å². The molecule has 0 bridgehead atoms. The molecule has 0 saturated carbocycles. The average Bonchev–Trinajstić information content (AvgIpc) is 2.54. The van der Waals surface area contributed by atoms with Crippen LogP contribution >= 0.6 is 0 Å². The molecule has 0 atom stereocenters. The lowest BCUT2D eigenvalue weighted by molar-refractivity contribution is -0.136. The lowest BCUT2D eigenvalue weighted by Gasteiger charge is -2.13. The molecule has 0 N–H and O–H groups in total. The molecule has 0 aliphatic carbocycles. The number of esters is 1. The van der Waals surface area contributed by atoms with Crippen molar-refractivity contribution in [1.82, 2.24) is 0 Å². The van der Waals surface area contributed by atoms with Gasteiger partial charge in [0.05, 0.1) is 14.2 Å². The monoisotopic (exact) mass is 316 g/mol. The number of benzene rings is 2. The largest absolute Gasteiger partial charge is 0.493 e. The average molecular weight is 316 g/mol. The maximum atomic E-state index is 12.0. The summed E-state index contributed by atoms with van der Waals surface area (Å²) >= 11 is 0. The molecule has 0 heterocycles. The van der Waals surface area contributed by atoms with E-state index < -0.39 is 5.97 Å². The summed E-state index contributed by atoms with van der Waals surface area (Å²) in [5, 5.41) is 0. The van der Waals surface area contributed by atoms with Crippen molar-refractivity contribution < 1.29 is 23.7 Å². The van der Waals surface area contributed by atoms with Gasteiger partial charge in [-0.25, -0.2) is 4.79 Å². The molecule has 0 spiro atoms. The minimum atomic E-state index is -0.534. The van der Waals surface area contributed by atoms with Crippen molar-refractivity contribution in [2.45, 2.75) is 13.8 Å². The fourth-order valence-electron chi connectivity index (χ4n) is 2.16. The van der Waals surface area contributed by atoms with Crippen LogP contribution in [0.4, 0.5) is 0 Å². The highest BCUT2D eigenvalue weighted by atomic mass is 16.6. The van der Waals surface area contributed by atoms with Gasteiger partial charge < -0.3 is 18.9 Å². The summed E-state index contributed by atoms with van der Waals surface area (Å²) in [4.78, 5) is 12.0. The van der Waals surface area contributed by atoms with Crippen LogP contribution in [0.1, 0.15) is 11.1 Å². The third-order valence-electron chi connectivity index (χ3n) is 3.27. The highest BCUT2D eigenvalue weighted by molar-refractivity contribution is 5.76. The number of aryl methyl sites for hydroxylation is 2. The van der Waals surface area contributed by atoms with Crippen LogP contribution in [0.15, 0.2) is 36.4 Å². The van der Waals surface area contributed by atoms with E-state index in [2.05, 4.69) is 0 Å². The molecule has 5 heteroatoms. The van der Waals surface area contributed by atoms with Crippen molar-refractivity contribution in [1.29, 1.82) is 0 Å². The van der Waals surface area contributed by atoms with Gasteiger partial charge in [-0.2, -0.15) is 0 Å².